The van der Waals surface area contributed by atoms with Gasteiger partial charge in [0.25, 0.3) is 0 Å². The monoisotopic (exact) mass is 459 g/mol. The van der Waals surface area contributed by atoms with Crippen LogP contribution in [0.3, 0.4) is 0 Å². The summed E-state index contributed by atoms with van der Waals surface area (Å²) in [6.07, 6.45) is 4.36. The minimum absolute atomic E-state index is 0.0926. The second-order valence-electron chi connectivity index (χ2n) is 7.04. The molecule has 32 heavy (non-hydrogen) atoms. The molecule has 2 aromatic heterocycles. The summed E-state index contributed by atoms with van der Waals surface area (Å²) in [6, 6.07) is 3.84. The molecule has 3 N–H and O–H groups in total. The van der Waals surface area contributed by atoms with Crippen molar-refractivity contribution in [1.29, 1.82) is 0 Å². The van der Waals surface area contributed by atoms with Gasteiger partial charge in [-0.2, -0.15) is 0 Å². The molecule has 3 heterocycles. The number of nitrogens with one attached hydrogen (secondary N) is 3. The van der Waals surface area contributed by atoms with E-state index in [0.717, 1.165) is 65.6 Å². The molecule has 1 aliphatic heterocycles. The Morgan fingerprint density at radius 3 is 2.75 bits per heavy atom. The number of nitrogens with zero attached hydrogens (tertiary/aromatic N) is 4. The number of thiazole rings is 1. The van der Waals surface area contributed by atoms with Crippen molar-refractivity contribution in [3.05, 3.63) is 42.4 Å². The van der Waals surface area contributed by atoms with Crippen LogP contribution in [0.25, 0.3) is 10.3 Å². The molecule has 174 valence electrons. The van der Waals surface area contributed by atoms with Crippen LogP contribution in [0.4, 0.5) is 5.13 Å². The third-order valence-electron chi connectivity index (χ3n) is 4.54. The summed E-state index contributed by atoms with van der Waals surface area (Å²) >= 11 is 1.51. The Kier molecular flexibility index (Phi) is 10.8. The Morgan fingerprint density at radius 1 is 1.41 bits per heavy atom. The van der Waals surface area contributed by atoms with Crippen LogP contribution in [0.1, 0.15) is 20.3 Å². The van der Waals surface area contributed by atoms with E-state index in [2.05, 4.69) is 42.4 Å². The van der Waals surface area contributed by atoms with E-state index in [9.17, 15) is 4.79 Å². The number of morpholine rings is 1. The van der Waals surface area contributed by atoms with Gasteiger partial charge in [-0.25, -0.2) is 9.97 Å². The van der Waals surface area contributed by atoms with Crippen molar-refractivity contribution in [2.24, 2.45) is 4.99 Å². The average molecular weight is 460 g/mol. The Balaban J connectivity index is 0.000000534. The third-order valence-corrected chi connectivity index (χ3v) is 5.43. The van der Waals surface area contributed by atoms with Gasteiger partial charge in [-0.15, -0.1) is 0 Å². The minimum Gasteiger partial charge on any atom is -0.379 e. The van der Waals surface area contributed by atoms with E-state index in [0.29, 0.717) is 6.42 Å². The Morgan fingerprint density at radius 2 is 2.16 bits per heavy atom. The molecule has 3 rings (SSSR count). The Bertz CT molecular complexity index is 910. The predicted molar refractivity (Wildman–Crippen MR) is 132 cm³/mol. The summed E-state index contributed by atoms with van der Waals surface area (Å²) in [7, 11) is 3.38. The van der Waals surface area contributed by atoms with Crippen molar-refractivity contribution in [3.63, 3.8) is 0 Å². The smallest absolute Gasteiger partial charge is 0.219 e. The van der Waals surface area contributed by atoms with Gasteiger partial charge in [0.2, 0.25) is 5.91 Å². The molecule has 0 bridgehead atoms. The van der Waals surface area contributed by atoms with E-state index >= 15 is 0 Å². The summed E-state index contributed by atoms with van der Waals surface area (Å²) in [5, 5.41) is 9.86. The van der Waals surface area contributed by atoms with Crippen molar-refractivity contribution < 1.29 is 9.53 Å². The van der Waals surface area contributed by atoms with Crippen molar-refractivity contribution in [3.8, 4) is 0 Å². The van der Waals surface area contributed by atoms with E-state index in [4.69, 9.17) is 4.74 Å². The summed E-state index contributed by atoms with van der Waals surface area (Å²) in [6.45, 7) is 12.2. The summed E-state index contributed by atoms with van der Waals surface area (Å²) in [5.41, 5.74) is 1.89. The molecule has 1 saturated heterocycles. The maximum atomic E-state index is 10.1. The minimum atomic E-state index is 0.0926. The number of anilines is 1. The molecule has 0 unspecified atom stereocenters. The van der Waals surface area contributed by atoms with Crippen LogP contribution >= 0.6 is 11.3 Å². The fourth-order valence-corrected chi connectivity index (χ4v) is 3.59. The molecular weight excluding hydrogens is 426 g/mol. The van der Waals surface area contributed by atoms with E-state index in [1.165, 1.54) is 11.3 Å². The van der Waals surface area contributed by atoms with Gasteiger partial charge in [-0.3, -0.25) is 14.7 Å². The molecule has 1 amide bonds. The maximum Gasteiger partial charge on any atom is 0.219 e. The molecular formula is C22H33N7O2S. The van der Waals surface area contributed by atoms with Gasteiger partial charge in [0.1, 0.15) is 16.2 Å². The van der Waals surface area contributed by atoms with E-state index in [1.807, 2.05) is 32.1 Å². The zero-order valence-electron chi connectivity index (χ0n) is 19.3. The standard InChI is InChI=1S/C18H24N6OS.C4H9NO/c1-13(12-24-7-9-25-10-8-24)11-16(21-14(2)19-3)23-18-22-15-5-4-6-20-17(15)26-18;1-3-4(6)5-2/h4-6,11H,1,7-10,12H2,2-3H3,(H,19,21)(H,22,23);3H2,1-2H3,(H,5,6)/b16-11+;. The molecule has 9 nitrogen and oxygen atoms in total. The van der Waals surface area contributed by atoms with Gasteiger partial charge < -0.3 is 20.7 Å². The fourth-order valence-electron chi connectivity index (χ4n) is 2.77. The molecule has 0 aromatic carbocycles. The highest BCUT2D eigenvalue weighted by atomic mass is 32.1. The first kappa shape index (κ1) is 25.4. The normalized spacial score (nSPS) is 15.0. The van der Waals surface area contributed by atoms with Crippen LogP contribution in [0, 0.1) is 0 Å². The van der Waals surface area contributed by atoms with Gasteiger partial charge in [-0.05, 0) is 30.7 Å². The van der Waals surface area contributed by atoms with E-state index < -0.39 is 0 Å². The number of hydrogen-bond donors (Lipinski definition) is 3. The van der Waals surface area contributed by atoms with Crippen LogP contribution in [-0.2, 0) is 9.53 Å². The quantitative estimate of drug-likeness (QED) is 0.332. The fraction of sp³-hybridized carbons (Fsp3) is 0.455. The molecule has 0 spiro atoms. The number of aromatic nitrogens is 2. The zero-order chi connectivity index (χ0) is 23.3. The van der Waals surface area contributed by atoms with E-state index in [-0.39, 0.29) is 5.91 Å². The lowest BCUT2D eigenvalue weighted by Crippen LogP contribution is -2.37. The maximum absolute atomic E-state index is 10.1. The second kappa shape index (κ2) is 13.6. The van der Waals surface area contributed by atoms with Gasteiger partial charge in [0.05, 0.1) is 19.0 Å². The topological polar surface area (TPSA) is 104 Å². The number of amides is 1. The molecule has 2 aromatic rings. The number of carbonyl (C=O) groups excluding carboxylic acids is 1. The van der Waals surface area contributed by atoms with E-state index in [1.54, 1.807) is 20.3 Å². The average Bonchev–Trinajstić information content (AvgIpc) is 3.21. The van der Waals surface area contributed by atoms with Gasteiger partial charge in [0, 0.05) is 46.3 Å². The largest absolute Gasteiger partial charge is 0.379 e. The zero-order valence-corrected chi connectivity index (χ0v) is 20.1. The first-order valence-corrected chi connectivity index (χ1v) is 11.4. The highest BCUT2D eigenvalue weighted by Gasteiger charge is 2.12. The highest BCUT2D eigenvalue weighted by Crippen LogP contribution is 2.24. The Hall–Kier alpha value is -2.82. The molecule has 1 aliphatic rings. The number of amidine groups is 1. The summed E-state index contributed by atoms with van der Waals surface area (Å²) < 4.78 is 5.40. The third kappa shape index (κ3) is 8.74. The Labute approximate surface area is 193 Å². The van der Waals surface area contributed by atoms with Crippen LogP contribution in [0.5, 0.6) is 0 Å². The molecule has 1 fully saturated rings. The second-order valence-corrected chi connectivity index (χ2v) is 8.01. The number of rotatable bonds is 7. The van der Waals surface area contributed by atoms with Crippen LogP contribution in [-0.4, -0.2) is 73.6 Å². The lowest BCUT2D eigenvalue weighted by Gasteiger charge is -2.26. The molecule has 0 saturated carbocycles. The molecule has 0 aliphatic carbocycles. The van der Waals surface area contributed by atoms with Crippen molar-refractivity contribution >= 4 is 38.6 Å². The lowest BCUT2D eigenvalue weighted by molar-refractivity contribution is -0.120. The molecule has 0 atom stereocenters. The number of ether oxygens (including phenoxy) is 1. The number of fused-ring (bicyclic) bond motifs is 1. The first-order chi connectivity index (χ1) is 15.4. The SMILES string of the molecule is C=C(/C=C(\NC(C)=NC)Nc1nc2cccnc2s1)CN1CCOCC1.CCC(=O)NC. The van der Waals surface area contributed by atoms with Crippen LogP contribution in [0.2, 0.25) is 0 Å². The first-order valence-electron chi connectivity index (χ1n) is 10.5. The predicted octanol–water partition coefficient (Wildman–Crippen LogP) is 2.61. The molecule has 10 heteroatoms. The van der Waals surface area contributed by atoms with Crippen LogP contribution < -0.4 is 16.0 Å². The van der Waals surface area contributed by atoms with Gasteiger partial charge in [-0.1, -0.05) is 24.8 Å². The van der Waals surface area contributed by atoms with Crippen molar-refractivity contribution in [1.82, 2.24) is 25.5 Å². The van der Waals surface area contributed by atoms with Gasteiger partial charge >= 0.3 is 0 Å². The number of aliphatic imine (C=N–C) groups is 1. The highest BCUT2D eigenvalue weighted by molar-refractivity contribution is 7.21. The van der Waals surface area contributed by atoms with Gasteiger partial charge in [0.15, 0.2) is 5.13 Å². The lowest BCUT2D eigenvalue weighted by atomic mass is 10.2. The van der Waals surface area contributed by atoms with Crippen LogP contribution in [0.15, 0.2) is 47.4 Å². The van der Waals surface area contributed by atoms with Crippen molar-refractivity contribution in [2.75, 3.05) is 52.3 Å². The summed E-state index contributed by atoms with van der Waals surface area (Å²) in [5.74, 6) is 1.70. The summed E-state index contributed by atoms with van der Waals surface area (Å²) in [4.78, 5) is 26.4. The number of pyridine rings is 1. The van der Waals surface area contributed by atoms with Crippen molar-refractivity contribution in [2.45, 2.75) is 20.3 Å². The number of carbonyl (C=O) groups is 1. The number of hydrogen-bond acceptors (Lipinski definition) is 8. The molecule has 0 radical (unpaired) electrons.